The molecule has 126 valence electrons. The van der Waals surface area contributed by atoms with E-state index in [1.165, 1.54) is 0 Å². The van der Waals surface area contributed by atoms with Gasteiger partial charge in [0.05, 0.1) is 22.0 Å². The summed E-state index contributed by atoms with van der Waals surface area (Å²) in [5.74, 6) is 1.31. The summed E-state index contributed by atoms with van der Waals surface area (Å²) >= 11 is 0. The molecule has 1 fully saturated rings. The predicted octanol–water partition coefficient (Wildman–Crippen LogP) is 1.94. The van der Waals surface area contributed by atoms with Gasteiger partial charge in [0, 0.05) is 31.6 Å². The minimum absolute atomic E-state index is 0.277. The van der Waals surface area contributed by atoms with Gasteiger partial charge in [0.1, 0.15) is 12.4 Å². The SMILES string of the molecule is O=S(=O)(c1ccccc1)c1ccc2c(c1)OCCN2CC1CNC1. The van der Waals surface area contributed by atoms with Crippen LogP contribution in [0.5, 0.6) is 5.75 Å². The topological polar surface area (TPSA) is 58.6 Å². The summed E-state index contributed by atoms with van der Waals surface area (Å²) in [6.45, 7) is 4.50. The van der Waals surface area contributed by atoms with E-state index in [1.54, 1.807) is 36.4 Å². The molecule has 6 heteroatoms. The van der Waals surface area contributed by atoms with Crippen molar-refractivity contribution in [3.05, 3.63) is 48.5 Å². The van der Waals surface area contributed by atoms with Gasteiger partial charge in [0.2, 0.25) is 9.84 Å². The Bertz CT molecular complexity index is 833. The Morgan fingerprint density at radius 1 is 1.08 bits per heavy atom. The molecule has 2 aliphatic heterocycles. The molecular formula is C18H20N2O3S. The fourth-order valence-corrected chi connectivity index (χ4v) is 4.44. The molecule has 0 unspecified atom stereocenters. The highest BCUT2D eigenvalue weighted by atomic mass is 32.2. The Labute approximate surface area is 142 Å². The Kier molecular flexibility index (Phi) is 3.94. The van der Waals surface area contributed by atoms with Gasteiger partial charge in [0.15, 0.2) is 0 Å². The number of nitrogens with zero attached hydrogens (tertiary/aromatic N) is 1. The number of hydrogen-bond acceptors (Lipinski definition) is 5. The molecule has 0 aromatic heterocycles. The highest BCUT2D eigenvalue weighted by molar-refractivity contribution is 7.91. The number of anilines is 1. The van der Waals surface area contributed by atoms with Crippen LogP contribution in [-0.2, 0) is 9.84 Å². The maximum absolute atomic E-state index is 12.8. The van der Waals surface area contributed by atoms with Gasteiger partial charge in [-0.15, -0.1) is 0 Å². The highest BCUT2D eigenvalue weighted by Crippen LogP contribution is 2.35. The van der Waals surface area contributed by atoms with Crippen LogP contribution in [0.15, 0.2) is 58.3 Å². The van der Waals surface area contributed by atoms with Crippen molar-refractivity contribution < 1.29 is 13.2 Å². The van der Waals surface area contributed by atoms with Gasteiger partial charge in [-0.1, -0.05) is 18.2 Å². The molecule has 24 heavy (non-hydrogen) atoms. The first kappa shape index (κ1) is 15.5. The lowest BCUT2D eigenvalue weighted by molar-refractivity contribution is 0.288. The van der Waals surface area contributed by atoms with Crippen LogP contribution < -0.4 is 15.0 Å². The van der Waals surface area contributed by atoms with E-state index in [1.807, 2.05) is 12.1 Å². The number of fused-ring (bicyclic) bond motifs is 1. The Morgan fingerprint density at radius 2 is 1.88 bits per heavy atom. The quantitative estimate of drug-likeness (QED) is 0.918. The van der Waals surface area contributed by atoms with Gasteiger partial charge in [-0.3, -0.25) is 0 Å². The van der Waals surface area contributed by atoms with Crippen LogP contribution in [0.4, 0.5) is 5.69 Å². The second-order valence-electron chi connectivity index (χ2n) is 6.26. The number of benzene rings is 2. The molecule has 0 spiro atoms. The Balaban J connectivity index is 1.65. The summed E-state index contributed by atoms with van der Waals surface area (Å²) in [6, 6.07) is 13.7. The molecule has 0 bridgehead atoms. The molecule has 2 aliphatic rings. The van der Waals surface area contributed by atoms with Crippen molar-refractivity contribution in [1.29, 1.82) is 0 Å². The summed E-state index contributed by atoms with van der Waals surface area (Å²) in [5, 5.41) is 3.28. The van der Waals surface area contributed by atoms with Crippen molar-refractivity contribution in [1.82, 2.24) is 5.32 Å². The molecule has 0 saturated carbocycles. The Morgan fingerprint density at radius 3 is 2.58 bits per heavy atom. The third-order valence-electron chi connectivity index (χ3n) is 4.60. The van der Waals surface area contributed by atoms with Crippen LogP contribution in [-0.4, -0.2) is 41.2 Å². The van der Waals surface area contributed by atoms with E-state index in [9.17, 15) is 8.42 Å². The number of sulfone groups is 1. The summed E-state index contributed by atoms with van der Waals surface area (Å²) < 4.78 is 31.3. The first-order valence-electron chi connectivity index (χ1n) is 8.17. The minimum Gasteiger partial charge on any atom is -0.490 e. The molecule has 1 saturated heterocycles. The molecule has 4 rings (SSSR count). The second kappa shape index (κ2) is 6.11. The lowest BCUT2D eigenvalue weighted by Crippen LogP contribution is -2.49. The normalized spacial score (nSPS) is 17.8. The highest BCUT2D eigenvalue weighted by Gasteiger charge is 2.26. The zero-order chi connectivity index (χ0) is 16.6. The van der Waals surface area contributed by atoms with Gasteiger partial charge >= 0.3 is 0 Å². The smallest absolute Gasteiger partial charge is 0.206 e. The largest absolute Gasteiger partial charge is 0.490 e. The van der Waals surface area contributed by atoms with Gasteiger partial charge in [-0.25, -0.2) is 8.42 Å². The van der Waals surface area contributed by atoms with Crippen molar-refractivity contribution in [3.63, 3.8) is 0 Å². The average molecular weight is 344 g/mol. The molecule has 0 amide bonds. The van der Waals surface area contributed by atoms with Crippen LogP contribution in [0, 0.1) is 5.92 Å². The van der Waals surface area contributed by atoms with Crippen molar-refractivity contribution in [2.24, 2.45) is 5.92 Å². The van der Waals surface area contributed by atoms with E-state index < -0.39 is 9.84 Å². The lowest BCUT2D eigenvalue weighted by Gasteiger charge is -2.37. The zero-order valence-electron chi connectivity index (χ0n) is 13.3. The summed E-state index contributed by atoms with van der Waals surface area (Å²) in [6.07, 6.45) is 0. The summed E-state index contributed by atoms with van der Waals surface area (Å²) in [7, 11) is -3.52. The fraction of sp³-hybridized carbons (Fsp3) is 0.333. The Hall–Kier alpha value is -2.05. The van der Waals surface area contributed by atoms with Crippen molar-refractivity contribution in [2.45, 2.75) is 9.79 Å². The molecule has 2 aromatic rings. The van der Waals surface area contributed by atoms with E-state index in [-0.39, 0.29) is 4.90 Å². The molecule has 0 atom stereocenters. The van der Waals surface area contributed by atoms with Crippen LogP contribution in [0.2, 0.25) is 0 Å². The van der Waals surface area contributed by atoms with Crippen LogP contribution in [0.3, 0.4) is 0 Å². The van der Waals surface area contributed by atoms with E-state index in [4.69, 9.17) is 4.74 Å². The van der Waals surface area contributed by atoms with E-state index in [0.717, 1.165) is 31.9 Å². The first-order chi connectivity index (χ1) is 11.6. The van der Waals surface area contributed by atoms with E-state index in [2.05, 4.69) is 10.2 Å². The maximum Gasteiger partial charge on any atom is 0.206 e. The molecule has 0 radical (unpaired) electrons. The zero-order valence-corrected chi connectivity index (χ0v) is 14.1. The fourth-order valence-electron chi connectivity index (χ4n) is 3.14. The van der Waals surface area contributed by atoms with Gasteiger partial charge < -0.3 is 15.0 Å². The number of hydrogen-bond donors (Lipinski definition) is 1. The molecule has 2 aromatic carbocycles. The van der Waals surface area contributed by atoms with Crippen LogP contribution >= 0.6 is 0 Å². The average Bonchev–Trinajstić information content (AvgIpc) is 2.58. The van der Waals surface area contributed by atoms with Crippen molar-refractivity contribution in [3.8, 4) is 5.75 Å². The molecule has 2 heterocycles. The third kappa shape index (κ3) is 2.76. The van der Waals surface area contributed by atoms with Gasteiger partial charge in [-0.05, 0) is 24.3 Å². The minimum atomic E-state index is -3.52. The first-order valence-corrected chi connectivity index (χ1v) is 9.65. The van der Waals surface area contributed by atoms with Crippen molar-refractivity contribution in [2.75, 3.05) is 37.7 Å². The number of ether oxygens (including phenoxy) is 1. The number of rotatable bonds is 4. The van der Waals surface area contributed by atoms with Gasteiger partial charge in [-0.2, -0.15) is 0 Å². The number of nitrogens with one attached hydrogen (secondary N) is 1. The lowest BCUT2D eigenvalue weighted by atomic mass is 10.0. The van der Waals surface area contributed by atoms with E-state index >= 15 is 0 Å². The van der Waals surface area contributed by atoms with Gasteiger partial charge in [0.25, 0.3) is 0 Å². The van der Waals surface area contributed by atoms with E-state index in [0.29, 0.717) is 23.2 Å². The molecule has 1 N–H and O–H groups in total. The summed E-state index contributed by atoms with van der Waals surface area (Å²) in [5.41, 5.74) is 0.986. The summed E-state index contributed by atoms with van der Waals surface area (Å²) in [4.78, 5) is 2.88. The molecule has 5 nitrogen and oxygen atoms in total. The van der Waals surface area contributed by atoms with Crippen LogP contribution in [0.25, 0.3) is 0 Å². The predicted molar refractivity (Wildman–Crippen MR) is 92.4 cm³/mol. The van der Waals surface area contributed by atoms with Crippen LogP contribution in [0.1, 0.15) is 0 Å². The maximum atomic E-state index is 12.8. The monoisotopic (exact) mass is 344 g/mol. The second-order valence-corrected chi connectivity index (χ2v) is 8.21. The third-order valence-corrected chi connectivity index (χ3v) is 6.37. The molecular weight excluding hydrogens is 324 g/mol. The standard InChI is InChI=1S/C18H20N2O3S/c21-24(22,15-4-2-1-3-5-15)16-6-7-17-18(10-16)23-9-8-20(17)13-14-11-19-12-14/h1-7,10,14,19H,8-9,11-13H2. The molecule has 0 aliphatic carbocycles. The van der Waals surface area contributed by atoms with Crippen molar-refractivity contribution >= 4 is 15.5 Å².